The molecule has 11 nitrogen and oxygen atoms in total. The molecule has 0 saturated carbocycles. The first-order valence-corrected chi connectivity index (χ1v) is 19.7. The average molecular weight is 832 g/mol. The van der Waals surface area contributed by atoms with Crippen LogP contribution in [-0.2, 0) is 9.59 Å². The van der Waals surface area contributed by atoms with Gasteiger partial charge in [-0.1, -0.05) is 61.7 Å². The van der Waals surface area contributed by atoms with E-state index < -0.39 is 11.9 Å². The SMILES string of the molecule is C=CC(=O)Oc1ccc(-c2ccc(N(c3ccc(-c4ccc(OC(=O)C=C)cc4)cc3)c3cc(N(c4ccco4)c4ccco4)cc(N(c4ccco4)c4ccco4)c3)cc2)cc1. The Morgan fingerprint density at radius 1 is 0.381 bits per heavy atom. The zero-order valence-electron chi connectivity index (χ0n) is 33.6. The fourth-order valence-corrected chi connectivity index (χ4v) is 7.08. The van der Waals surface area contributed by atoms with Crippen LogP contribution in [0.25, 0.3) is 22.3 Å². The second-order valence-corrected chi connectivity index (χ2v) is 13.9. The second-order valence-electron chi connectivity index (χ2n) is 13.9. The van der Waals surface area contributed by atoms with Gasteiger partial charge in [-0.2, -0.15) is 0 Å². The van der Waals surface area contributed by atoms with E-state index in [0.717, 1.165) is 51.5 Å². The van der Waals surface area contributed by atoms with Crippen molar-refractivity contribution in [3.63, 3.8) is 0 Å². The molecule has 4 aromatic heterocycles. The highest BCUT2D eigenvalue weighted by atomic mass is 16.5. The normalized spacial score (nSPS) is 10.8. The molecule has 0 spiro atoms. The van der Waals surface area contributed by atoms with E-state index in [4.69, 9.17) is 27.1 Å². The van der Waals surface area contributed by atoms with Crippen LogP contribution in [0.3, 0.4) is 0 Å². The minimum absolute atomic E-state index is 0.425. The highest BCUT2D eigenvalue weighted by Gasteiger charge is 2.26. The summed E-state index contributed by atoms with van der Waals surface area (Å²) in [4.78, 5) is 29.5. The monoisotopic (exact) mass is 831 g/mol. The molecule has 4 heterocycles. The van der Waals surface area contributed by atoms with Crippen molar-refractivity contribution in [3.05, 3.63) is 214 Å². The summed E-state index contributed by atoms with van der Waals surface area (Å²) in [5.74, 6) is 1.94. The first kappa shape index (κ1) is 39.5. The molecule has 0 N–H and O–H groups in total. The number of hydrogen-bond donors (Lipinski definition) is 0. The number of carbonyl (C=O) groups is 2. The molecule has 0 fully saturated rings. The lowest BCUT2D eigenvalue weighted by Gasteiger charge is -2.30. The Kier molecular flexibility index (Phi) is 11.1. The van der Waals surface area contributed by atoms with Gasteiger partial charge in [-0.05, 0) is 113 Å². The van der Waals surface area contributed by atoms with Crippen molar-refractivity contribution in [1.29, 1.82) is 0 Å². The lowest BCUT2D eigenvalue weighted by atomic mass is 10.0. The van der Waals surface area contributed by atoms with Crippen molar-refractivity contribution < 1.29 is 36.7 Å². The van der Waals surface area contributed by atoms with Gasteiger partial charge < -0.3 is 32.0 Å². The number of esters is 2. The van der Waals surface area contributed by atoms with E-state index in [1.165, 1.54) is 0 Å². The molecular weight excluding hydrogens is 795 g/mol. The summed E-state index contributed by atoms with van der Waals surface area (Å²) in [7, 11) is 0. The molecule has 0 atom stereocenters. The van der Waals surface area contributed by atoms with Crippen LogP contribution < -0.4 is 24.2 Å². The maximum Gasteiger partial charge on any atom is 0.335 e. The van der Waals surface area contributed by atoms with Gasteiger partial charge in [-0.25, -0.2) is 9.59 Å². The molecule has 0 saturated heterocycles. The molecule has 63 heavy (non-hydrogen) atoms. The summed E-state index contributed by atoms with van der Waals surface area (Å²) in [6.45, 7) is 6.95. The Hall–Kier alpha value is -8.96. The molecular formula is C52H37N3O8. The molecule has 9 rings (SSSR count). The Labute approximate surface area is 362 Å². The molecule has 5 aromatic carbocycles. The number of furan rings is 4. The van der Waals surface area contributed by atoms with Crippen LogP contribution in [0, 0.1) is 0 Å². The minimum Gasteiger partial charge on any atom is -0.448 e. The predicted octanol–water partition coefficient (Wildman–Crippen LogP) is 14.0. The summed E-state index contributed by atoms with van der Waals surface area (Å²) >= 11 is 0. The van der Waals surface area contributed by atoms with Crippen LogP contribution in [0.5, 0.6) is 11.5 Å². The van der Waals surface area contributed by atoms with Gasteiger partial charge in [0.25, 0.3) is 0 Å². The highest BCUT2D eigenvalue weighted by molar-refractivity contribution is 5.88. The van der Waals surface area contributed by atoms with Gasteiger partial charge in [-0.3, -0.25) is 9.80 Å². The van der Waals surface area contributed by atoms with Crippen molar-refractivity contribution in [2.75, 3.05) is 14.7 Å². The summed E-state index contributed by atoms with van der Waals surface area (Å²) in [5, 5.41) is 0. The van der Waals surface area contributed by atoms with Crippen molar-refractivity contribution in [3.8, 4) is 33.8 Å². The highest BCUT2D eigenvalue weighted by Crippen LogP contribution is 2.46. The van der Waals surface area contributed by atoms with E-state index in [-0.39, 0.29) is 0 Å². The van der Waals surface area contributed by atoms with Gasteiger partial charge in [0.15, 0.2) is 0 Å². The Morgan fingerprint density at radius 2 is 0.667 bits per heavy atom. The zero-order chi connectivity index (χ0) is 43.1. The molecule has 0 aliphatic rings. The smallest absolute Gasteiger partial charge is 0.335 e. The first-order chi connectivity index (χ1) is 30.9. The quantitative estimate of drug-likeness (QED) is 0.0558. The topological polar surface area (TPSA) is 115 Å². The molecule has 0 bridgehead atoms. The third-order valence-corrected chi connectivity index (χ3v) is 9.96. The van der Waals surface area contributed by atoms with Crippen molar-refractivity contribution >= 4 is 63.9 Å². The molecule has 0 aliphatic heterocycles. The average Bonchev–Trinajstić information content (AvgIpc) is 4.19. The predicted molar refractivity (Wildman–Crippen MR) is 242 cm³/mol. The van der Waals surface area contributed by atoms with Crippen LogP contribution in [0.4, 0.5) is 52.0 Å². The van der Waals surface area contributed by atoms with Crippen molar-refractivity contribution in [2.24, 2.45) is 0 Å². The van der Waals surface area contributed by atoms with Crippen LogP contribution >= 0.6 is 0 Å². The third kappa shape index (κ3) is 8.56. The standard InChI is InChI=1S/C52H37N3O8/c1-3-51(56)62-45-25-17-38(18-26-45)36-13-21-40(22-14-36)53(41-23-15-37(16-24-41)39-19-27-46(28-20-39)63-52(57)4-2)42-33-43(54(47-9-5-29-58-47)48-10-6-30-59-48)35-44(34-42)55(49-11-7-31-60-49)50-12-8-32-61-50/h3-35H,1-2H2. The molecule has 11 heteroatoms. The molecule has 0 unspecified atom stereocenters. The number of ether oxygens (including phenoxy) is 2. The molecule has 0 aliphatic carbocycles. The van der Waals surface area contributed by atoms with E-state index in [1.807, 2.05) is 113 Å². The number of hydrogen-bond acceptors (Lipinski definition) is 11. The summed E-state index contributed by atoms with van der Waals surface area (Å²) < 4.78 is 34.6. The maximum atomic E-state index is 11.8. The lowest BCUT2D eigenvalue weighted by molar-refractivity contribution is -0.129. The minimum atomic E-state index is -0.523. The fraction of sp³-hybridized carbons (Fsp3) is 0. The van der Waals surface area contributed by atoms with E-state index >= 15 is 0 Å². The van der Waals surface area contributed by atoms with Gasteiger partial charge in [0.1, 0.15) is 11.5 Å². The summed E-state index contributed by atoms with van der Waals surface area (Å²) in [5.41, 5.74) is 7.68. The number of benzene rings is 5. The van der Waals surface area contributed by atoms with Crippen molar-refractivity contribution in [2.45, 2.75) is 0 Å². The molecule has 0 radical (unpaired) electrons. The second kappa shape index (κ2) is 17.7. The van der Waals surface area contributed by atoms with Gasteiger partial charge >= 0.3 is 11.9 Å². The number of rotatable bonds is 15. The van der Waals surface area contributed by atoms with Crippen LogP contribution in [0.1, 0.15) is 0 Å². The van der Waals surface area contributed by atoms with Crippen LogP contribution in [0.15, 0.2) is 232 Å². The number of anilines is 9. The van der Waals surface area contributed by atoms with Gasteiger partial charge in [0.05, 0.1) is 42.1 Å². The number of nitrogens with zero attached hydrogens (tertiary/aromatic N) is 3. The Balaban J connectivity index is 1.19. The van der Waals surface area contributed by atoms with E-state index in [1.54, 1.807) is 49.3 Å². The Morgan fingerprint density at radius 3 is 0.937 bits per heavy atom. The van der Waals surface area contributed by atoms with E-state index in [0.29, 0.717) is 46.4 Å². The molecule has 9 aromatic rings. The maximum absolute atomic E-state index is 11.8. The molecule has 0 amide bonds. The fourth-order valence-electron chi connectivity index (χ4n) is 7.08. The summed E-state index contributed by atoms with van der Waals surface area (Å²) in [6.07, 6.45) is 8.73. The largest absolute Gasteiger partial charge is 0.448 e. The number of carbonyl (C=O) groups excluding carboxylic acids is 2. The van der Waals surface area contributed by atoms with Crippen LogP contribution in [0.2, 0.25) is 0 Å². The third-order valence-electron chi connectivity index (χ3n) is 9.96. The molecule has 308 valence electrons. The van der Waals surface area contributed by atoms with E-state index in [2.05, 4.69) is 54.5 Å². The van der Waals surface area contributed by atoms with Gasteiger partial charge in [0.2, 0.25) is 23.5 Å². The summed E-state index contributed by atoms with van der Waals surface area (Å²) in [6, 6.07) is 51.9. The first-order valence-electron chi connectivity index (χ1n) is 19.7. The van der Waals surface area contributed by atoms with Gasteiger partial charge in [-0.15, -0.1) is 0 Å². The van der Waals surface area contributed by atoms with Crippen molar-refractivity contribution in [1.82, 2.24) is 0 Å². The Bertz CT molecular complexity index is 2670. The van der Waals surface area contributed by atoms with Gasteiger partial charge in [0, 0.05) is 47.8 Å². The van der Waals surface area contributed by atoms with E-state index in [9.17, 15) is 9.59 Å². The van der Waals surface area contributed by atoms with Crippen LogP contribution in [-0.4, -0.2) is 11.9 Å². The zero-order valence-corrected chi connectivity index (χ0v) is 33.6. The lowest BCUT2D eigenvalue weighted by Crippen LogP contribution is -2.15.